The largest absolute Gasteiger partial charge is 0.479 e. The van der Waals surface area contributed by atoms with E-state index in [2.05, 4.69) is 10.2 Å². The Labute approximate surface area is 98.0 Å². The van der Waals surface area contributed by atoms with Gasteiger partial charge in [-0.1, -0.05) is 11.8 Å². The number of ether oxygens (including phenoxy) is 1. The first kappa shape index (κ1) is 13.0. The Bertz CT molecular complexity index is 367. The van der Waals surface area contributed by atoms with Crippen LogP contribution in [0.1, 0.15) is 12.7 Å². The van der Waals surface area contributed by atoms with Gasteiger partial charge in [-0.15, -0.1) is 10.2 Å². The van der Waals surface area contributed by atoms with E-state index in [1.807, 2.05) is 18.5 Å². The van der Waals surface area contributed by atoms with Gasteiger partial charge in [0.15, 0.2) is 11.3 Å². The van der Waals surface area contributed by atoms with Crippen LogP contribution in [0.15, 0.2) is 5.16 Å². The smallest absolute Gasteiger partial charge is 0.333 e. The van der Waals surface area contributed by atoms with E-state index in [1.54, 1.807) is 6.92 Å². The number of carboxylic acids is 1. The van der Waals surface area contributed by atoms with Crippen molar-refractivity contribution in [3.63, 3.8) is 0 Å². The number of thioether (sulfide) groups is 1. The molecule has 1 rings (SSSR count). The van der Waals surface area contributed by atoms with Gasteiger partial charge in [0.2, 0.25) is 0 Å². The van der Waals surface area contributed by atoms with Crippen LogP contribution in [-0.4, -0.2) is 44.3 Å². The lowest BCUT2D eigenvalue weighted by Gasteiger charge is -2.11. The monoisotopic (exact) mass is 245 g/mol. The van der Waals surface area contributed by atoms with Gasteiger partial charge < -0.3 is 14.4 Å². The lowest BCUT2D eigenvalue weighted by molar-refractivity contribution is -0.148. The summed E-state index contributed by atoms with van der Waals surface area (Å²) in [6, 6.07) is 0. The number of aromatic nitrogens is 3. The highest BCUT2D eigenvalue weighted by Gasteiger charge is 2.19. The van der Waals surface area contributed by atoms with Gasteiger partial charge in [-0.3, -0.25) is 0 Å². The van der Waals surface area contributed by atoms with E-state index in [1.165, 1.54) is 11.8 Å². The number of rotatable bonds is 6. The molecule has 0 bridgehead atoms. The fraction of sp³-hybridized carbons (Fsp3) is 0.667. The fourth-order valence-corrected chi connectivity index (χ4v) is 2.02. The van der Waals surface area contributed by atoms with Crippen LogP contribution >= 0.6 is 11.8 Å². The number of hydrogen-bond acceptors (Lipinski definition) is 5. The molecule has 0 fully saturated rings. The van der Waals surface area contributed by atoms with E-state index in [4.69, 9.17) is 9.84 Å². The summed E-state index contributed by atoms with van der Waals surface area (Å²) in [6.45, 7) is 4.00. The zero-order valence-electron chi connectivity index (χ0n) is 9.51. The molecule has 0 radical (unpaired) electrons. The lowest BCUT2D eigenvalue weighted by atomic mass is 10.4. The molecule has 0 saturated heterocycles. The SMILES string of the molecule is CCOC(CSc1nnc(C)n1C)C(=O)O. The standard InChI is InChI=1S/C9H15N3O3S/c1-4-15-7(8(13)14)5-16-9-11-10-6(2)12(9)3/h7H,4-5H2,1-3H3,(H,13,14). The predicted octanol–water partition coefficient (Wildman–Crippen LogP) is 0.705. The second kappa shape index (κ2) is 5.86. The molecule has 1 atom stereocenters. The molecular formula is C9H15N3O3S. The number of aryl methyl sites for hydroxylation is 1. The molecule has 0 aliphatic rings. The van der Waals surface area contributed by atoms with Crippen LogP contribution in [0.3, 0.4) is 0 Å². The fourth-order valence-electron chi connectivity index (χ4n) is 1.06. The van der Waals surface area contributed by atoms with Crippen LogP contribution in [0.4, 0.5) is 0 Å². The molecule has 0 aliphatic heterocycles. The molecule has 1 unspecified atom stereocenters. The summed E-state index contributed by atoms with van der Waals surface area (Å²) in [5.41, 5.74) is 0. The molecule has 0 spiro atoms. The summed E-state index contributed by atoms with van der Waals surface area (Å²) in [5, 5.41) is 17.4. The van der Waals surface area contributed by atoms with Crippen molar-refractivity contribution in [3.05, 3.63) is 5.82 Å². The van der Waals surface area contributed by atoms with E-state index >= 15 is 0 Å². The van der Waals surface area contributed by atoms with E-state index in [0.29, 0.717) is 17.5 Å². The number of aliphatic carboxylic acids is 1. The normalized spacial score (nSPS) is 12.7. The topological polar surface area (TPSA) is 77.2 Å². The van der Waals surface area contributed by atoms with Gasteiger partial charge in [-0.2, -0.15) is 0 Å². The quantitative estimate of drug-likeness (QED) is 0.744. The lowest BCUT2D eigenvalue weighted by Crippen LogP contribution is -2.26. The summed E-state index contributed by atoms with van der Waals surface area (Å²) in [4.78, 5) is 10.8. The Hall–Kier alpha value is -1.08. The number of hydrogen-bond donors (Lipinski definition) is 1. The van der Waals surface area contributed by atoms with Crippen LogP contribution in [0.5, 0.6) is 0 Å². The molecule has 1 aromatic rings. The molecule has 0 saturated carbocycles. The zero-order valence-corrected chi connectivity index (χ0v) is 10.3. The molecule has 1 N–H and O–H groups in total. The molecule has 16 heavy (non-hydrogen) atoms. The average Bonchev–Trinajstić information content (AvgIpc) is 2.55. The number of nitrogens with zero attached hydrogens (tertiary/aromatic N) is 3. The minimum atomic E-state index is -0.951. The Balaban J connectivity index is 2.55. The molecule has 0 amide bonds. The Morgan fingerprint density at radius 1 is 1.62 bits per heavy atom. The summed E-state index contributed by atoms with van der Waals surface area (Å²) < 4.78 is 6.91. The van der Waals surface area contributed by atoms with E-state index in [0.717, 1.165) is 5.82 Å². The third-order valence-corrected chi connectivity index (χ3v) is 3.14. The van der Waals surface area contributed by atoms with E-state index in [9.17, 15) is 4.79 Å². The van der Waals surface area contributed by atoms with Crippen molar-refractivity contribution in [2.24, 2.45) is 7.05 Å². The molecule has 0 aliphatic carbocycles. The maximum Gasteiger partial charge on any atom is 0.333 e. The second-order valence-electron chi connectivity index (χ2n) is 3.18. The molecule has 1 heterocycles. The highest BCUT2D eigenvalue weighted by Crippen LogP contribution is 2.17. The molecule has 1 aromatic heterocycles. The van der Waals surface area contributed by atoms with Crippen LogP contribution in [-0.2, 0) is 16.6 Å². The Morgan fingerprint density at radius 3 is 2.75 bits per heavy atom. The number of carboxylic acid groups (broad SMARTS) is 1. The van der Waals surface area contributed by atoms with Crippen LogP contribution in [0, 0.1) is 6.92 Å². The average molecular weight is 245 g/mol. The molecule has 6 nitrogen and oxygen atoms in total. The molecule has 0 aromatic carbocycles. The Morgan fingerprint density at radius 2 is 2.31 bits per heavy atom. The van der Waals surface area contributed by atoms with Crippen LogP contribution < -0.4 is 0 Å². The minimum Gasteiger partial charge on any atom is -0.479 e. The van der Waals surface area contributed by atoms with Gasteiger partial charge in [0, 0.05) is 19.4 Å². The van der Waals surface area contributed by atoms with Gasteiger partial charge >= 0.3 is 5.97 Å². The first-order valence-electron chi connectivity index (χ1n) is 4.89. The van der Waals surface area contributed by atoms with Gasteiger partial charge in [-0.25, -0.2) is 4.79 Å². The van der Waals surface area contributed by atoms with Crippen LogP contribution in [0.2, 0.25) is 0 Å². The number of carbonyl (C=O) groups is 1. The predicted molar refractivity (Wildman–Crippen MR) is 59.5 cm³/mol. The summed E-state index contributed by atoms with van der Waals surface area (Å²) in [6.07, 6.45) is -0.799. The molecular weight excluding hydrogens is 230 g/mol. The maximum absolute atomic E-state index is 10.8. The van der Waals surface area contributed by atoms with Crippen molar-refractivity contribution >= 4 is 17.7 Å². The van der Waals surface area contributed by atoms with Crippen molar-refractivity contribution in [3.8, 4) is 0 Å². The van der Waals surface area contributed by atoms with Crippen molar-refractivity contribution in [1.82, 2.24) is 14.8 Å². The molecule has 7 heteroatoms. The van der Waals surface area contributed by atoms with E-state index in [-0.39, 0.29) is 0 Å². The summed E-state index contributed by atoms with van der Waals surface area (Å²) in [7, 11) is 1.84. The summed E-state index contributed by atoms with van der Waals surface area (Å²) >= 11 is 1.33. The van der Waals surface area contributed by atoms with Crippen LogP contribution in [0.25, 0.3) is 0 Å². The maximum atomic E-state index is 10.8. The zero-order chi connectivity index (χ0) is 12.1. The van der Waals surface area contributed by atoms with Gasteiger partial charge in [0.05, 0.1) is 0 Å². The van der Waals surface area contributed by atoms with E-state index < -0.39 is 12.1 Å². The highest BCUT2D eigenvalue weighted by molar-refractivity contribution is 7.99. The minimum absolute atomic E-state index is 0.329. The van der Waals surface area contributed by atoms with Gasteiger partial charge in [-0.05, 0) is 13.8 Å². The first-order chi connectivity index (χ1) is 7.56. The summed E-state index contributed by atoms with van der Waals surface area (Å²) in [5.74, 6) is 0.175. The first-order valence-corrected chi connectivity index (χ1v) is 5.88. The third-order valence-electron chi connectivity index (χ3n) is 2.06. The van der Waals surface area contributed by atoms with Crippen molar-refractivity contribution in [1.29, 1.82) is 0 Å². The second-order valence-corrected chi connectivity index (χ2v) is 4.17. The van der Waals surface area contributed by atoms with Gasteiger partial charge in [0.1, 0.15) is 5.82 Å². The Kier molecular flexibility index (Phi) is 4.75. The van der Waals surface area contributed by atoms with Gasteiger partial charge in [0.25, 0.3) is 0 Å². The highest BCUT2D eigenvalue weighted by atomic mass is 32.2. The van der Waals surface area contributed by atoms with Crippen molar-refractivity contribution < 1.29 is 14.6 Å². The van der Waals surface area contributed by atoms with Crippen molar-refractivity contribution in [2.75, 3.05) is 12.4 Å². The third kappa shape index (κ3) is 3.21. The molecule has 90 valence electrons. The van der Waals surface area contributed by atoms with Crippen molar-refractivity contribution in [2.45, 2.75) is 25.1 Å².